The molecule has 0 atom stereocenters. The topological polar surface area (TPSA) is 72.1 Å². The molecule has 1 aromatic heterocycles. The highest BCUT2D eigenvalue weighted by Crippen LogP contribution is 2.43. The summed E-state index contributed by atoms with van der Waals surface area (Å²) in [6.07, 6.45) is 0.702. The molecule has 7 nitrogen and oxygen atoms in total. The monoisotopic (exact) mass is 383 g/mol. The minimum atomic E-state index is -0.389. The van der Waals surface area contributed by atoms with Crippen LogP contribution in [0.25, 0.3) is 22.6 Å². The van der Waals surface area contributed by atoms with Gasteiger partial charge in [-0.25, -0.2) is 4.79 Å². The number of hydrogen-bond donors (Lipinski definition) is 0. The molecule has 7 heteroatoms. The Morgan fingerprint density at radius 3 is 2.18 bits per heavy atom. The van der Waals surface area contributed by atoms with Crippen molar-refractivity contribution in [2.75, 3.05) is 28.4 Å². The van der Waals surface area contributed by atoms with Crippen LogP contribution in [0, 0.1) is 0 Å². The molecule has 4 rings (SSSR count). The highest BCUT2D eigenvalue weighted by Gasteiger charge is 2.27. The predicted octanol–water partition coefficient (Wildman–Crippen LogP) is 3.37. The van der Waals surface area contributed by atoms with Gasteiger partial charge < -0.3 is 23.4 Å². The summed E-state index contributed by atoms with van der Waals surface area (Å²) in [5.74, 6) is 2.52. The first-order valence-corrected chi connectivity index (χ1v) is 8.82. The zero-order chi connectivity index (χ0) is 19.8. The second-order valence-electron chi connectivity index (χ2n) is 6.38. The van der Waals surface area contributed by atoms with Gasteiger partial charge in [-0.3, -0.25) is 4.57 Å². The minimum absolute atomic E-state index is 0.389. The van der Waals surface area contributed by atoms with Crippen molar-refractivity contribution in [3.05, 3.63) is 46.4 Å². The number of rotatable bonds is 5. The molecule has 0 aliphatic carbocycles. The maximum atomic E-state index is 12.5. The van der Waals surface area contributed by atoms with Gasteiger partial charge in [-0.1, -0.05) is 0 Å². The molecule has 2 heterocycles. The number of aromatic nitrogens is 1. The summed E-state index contributed by atoms with van der Waals surface area (Å²) in [5, 5.41) is 0. The lowest BCUT2D eigenvalue weighted by Gasteiger charge is -2.20. The third kappa shape index (κ3) is 2.70. The number of fused-ring (bicyclic) bond motifs is 3. The second-order valence-corrected chi connectivity index (χ2v) is 6.38. The standard InChI is InChI=1S/C21H21NO6/c1-24-15-6-5-13(10-16(15)25-2)20-19-14-11-18(27-4)17(26-3)9-12(14)7-8-22(19)21(23)28-20/h5-6,9-11H,7-8H2,1-4H3. The van der Waals surface area contributed by atoms with E-state index in [2.05, 4.69) is 0 Å². The van der Waals surface area contributed by atoms with Crippen LogP contribution in [0.5, 0.6) is 23.0 Å². The van der Waals surface area contributed by atoms with Crippen LogP contribution in [0.2, 0.25) is 0 Å². The van der Waals surface area contributed by atoms with Crippen LogP contribution >= 0.6 is 0 Å². The highest BCUT2D eigenvalue weighted by atomic mass is 16.5. The van der Waals surface area contributed by atoms with Gasteiger partial charge in [0.1, 0.15) is 0 Å². The van der Waals surface area contributed by atoms with Crippen LogP contribution in [0.15, 0.2) is 39.5 Å². The third-order valence-electron chi connectivity index (χ3n) is 5.01. The van der Waals surface area contributed by atoms with Crippen molar-refractivity contribution in [2.45, 2.75) is 13.0 Å². The molecule has 0 bridgehead atoms. The van der Waals surface area contributed by atoms with E-state index in [1.165, 1.54) is 0 Å². The van der Waals surface area contributed by atoms with Gasteiger partial charge in [0.2, 0.25) is 0 Å². The minimum Gasteiger partial charge on any atom is -0.493 e. The lowest BCUT2D eigenvalue weighted by molar-refractivity contribution is 0.354. The zero-order valence-corrected chi connectivity index (χ0v) is 16.2. The summed E-state index contributed by atoms with van der Waals surface area (Å²) >= 11 is 0. The maximum Gasteiger partial charge on any atom is 0.420 e. The summed E-state index contributed by atoms with van der Waals surface area (Å²) in [6, 6.07) is 9.27. The fourth-order valence-electron chi connectivity index (χ4n) is 3.63. The lowest BCUT2D eigenvalue weighted by atomic mass is 9.95. The molecule has 0 saturated carbocycles. The van der Waals surface area contributed by atoms with Crippen molar-refractivity contribution < 1.29 is 23.4 Å². The molecule has 0 saturated heterocycles. The molecule has 0 unspecified atom stereocenters. The van der Waals surface area contributed by atoms with E-state index in [9.17, 15) is 4.79 Å². The van der Waals surface area contributed by atoms with Crippen molar-refractivity contribution >= 4 is 0 Å². The van der Waals surface area contributed by atoms with Gasteiger partial charge in [-0.15, -0.1) is 0 Å². The number of ether oxygens (including phenoxy) is 4. The van der Waals surface area contributed by atoms with Crippen LogP contribution in [0.1, 0.15) is 5.56 Å². The van der Waals surface area contributed by atoms with Crippen LogP contribution in [0.4, 0.5) is 0 Å². The molecule has 0 N–H and O–H groups in total. The second kappa shape index (κ2) is 6.99. The Bertz CT molecular complexity index is 1100. The van der Waals surface area contributed by atoms with E-state index in [4.69, 9.17) is 23.4 Å². The molecule has 0 amide bonds. The number of aryl methyl sites for hydroxylation is 1. The normalized spacial score (nSPS) is 12.1. The Morgan fingerprint density at radius 1 is 0.857 bits per heavy atom. The quantitative estimate of drug-likeness (QED) is 0.673. The molecule has 2 aromatic carbocycles. The molecule has 0 radical (unpaired) electrons. The average Bonchev–Trinajstić information content (AvgIpc) is 3.08. The lowest BCUT2D eigenvalue weighted by Crippen LogP contribution is -2.20. The van der Waals surface area contributed by atoms with Crippen LogP contribution in [0.3, 0.4) is 0 Å². The van der Waals surface area contributed by atoms with Gasteiger partial charge in [0.25, 0.3) is 0 Å². The van der Waals surface area contributed by atoms with Crippen molar-refractivity contribution in [1.82, 2.24) is 4.57 Å². The smallest absolute Gasteiger partial charge is 0.420 e. The van der Waals surface area contributed by atoms with Crippen LogP contribution < -0.4 is 24.7 Å². The fraction of sp³-hybridized carbons (Fsp3) is 0.286. The van der Waals surface area contributed by atoms with E-state index in [0.29, 0.717) is 41.7 Å². The summed E-state index contributed by atoms with van der Waals surface area (Å²) in [6.45, 7) is 0.535. The summed E-state index contributed by atoms with van der Waals surface area (Å²) in [7, 11) is 6.34. The first kappa shape index (κ1) is 18.0. The van der Waals surface area contributed by atoms with Gasteiger partial charge in [0.05, 0.1) is 34.1 Å². The van der Waals surface area contributed by atoms with Gasteiger partial charge in [0, 0.05) is 17.7 Å². The molecule has 1 aliphatic heterocycles. The molecule has 0 fully saturated rings. The Labute approximate surface area is 162 Å². The number of methoxy groups -OCH3 is 4. The average molecular weight is 383 g/mol. The SMILES string of the molecule is COc1ccc(-c2oc(=O)n3c2-c2cc(OC)c(OC)cc2CC3)cc1OC. The van der Waals surface area contributed by atoms with Crippen LogP contribution in [-0.2, 0) is 13.0 Å². The van der Waals surface area contributed by atoms with Crippen LogP contribution in [-0.4, -0.2) is 33.0 Å². The van der Waals surface area contributed by atoms with Crippen molar-refractivity contribution in [3.8, 4) is 45.6 Å². The van der Waals surface area contributed by atoms with E-state index in [1.54, 1.807) is 45.1 Å². The Balaban J connectivity index is 1.95. The predicted molar refractivity (Wildman–Crippen MR) is 104 cm³/mol. The third-order valence-corrected chi connectivity index (χ3v) is 5.01. The molecule has 146 valence electrons. The Kier molecular flexibility index (Phi) is 4.50. The van der Waals surface area contributed by atoms with Crippen molar-refractivity contribution in [2.24, 2.45) is 0 Å². The maximum absolute atomic E-state index is 12.5. The highest BCUT2D eigenvalue weighted by molar-refractivity contribution is 5.82. The largest absolute Gasteiger partial charge is 0.493 e. The van der Waals surface area contributed by atoms with E-state index in [1.807, 2.05) is 18.2 Å². The fourth-order valence-corrected chi connectivity index (χ4v) is 3.63. The van der Waals surface area contributed by atoms with Gasteiger partial charge in [0.15, 0.2) is 28.8 Å². The van der Waals surface area contributed by atoms with Gasteiger partial charge in [-0.2, -0.15) is 0 Å². The molecular weight excluding hydrogens is 362 g/mol. The Morgan fingerprint density at radius 2 is 1.50 bits per heavy atom. The van der Waals surface area contributed by atoms with Gasteiger partial charge >= 0.3 is 5.76 Å². The molecule has 0 spiro atoms. The Hall–Kier alpha value is -3.35. The number of benzene rings is 2. The number of nitrogens with zero attached hydrogens (tertiary/aromatic N) is 1. The van der Waals surface area contributed by atoms with E-state index in [0.717, 1.165) is 22.4 Å². The summed E-state index contributed by atoms with van der Waals surface area (Å²) in [4.78, 5) is 12.5. The van der Waals surface area contributed by atoms with E-state index < -0.39 is 0 Å². The molecular formula is C21H21NO6. The van der Waals surface area contributed by atoms with Crippen molar-refractivity contribution in [3.63, 3.8) is 0 Å². The number of hydrogen-bond acceptors (Lipinski definition) is 6. The number of oxazole rings is 1. The molecule has 1 aliphatic rings. The van der Waals surface area contributed by atoms with Gasteiger partial charge in [-0.05, 0) is 42.3 Å². The molecule has 28 heavy (non-hydrogen) atoms. The first-order chi connectivity index (χ1) is 13.6. The molecule has 3 aromatic rings. The van der Waals surface area contributed by atoms with Crippen molar-refractivity contribution in [1.29, 1.82) is 0 Å². The first-order valence-electron chi connectivity index (χ1n) is 8.82. The van der Waals surface area contributed by atoms with E-state index >= 15 is 0 Å². The summed E-state index contributed by atoms with van der Waals surface area (Å²) in [5.41, 5.74) is 3.41. The van der Waals surface area contributed by atoms with E-state index in [-0.39, 0.29) is 5.76 Å². The summed E-state index contributed by atoms with van der Waals surface area (Å²) < 4.78 is 28.9. The zero-order valence-electron chi connectivity index (χ0n) is 16.2.